The van der Waals surface area contributed by atoms with Crippen LogP contribution in [-0.4, -0.2) is 22.5 Å². The van der Waals surface area contributed by atoms with E-state index in [2.05, 4.69) is 16.6 Å². The average molecular weight is 257 g/mol. The number of nitrogens with one attached hydrogen (secondary N) is 1. The lowest BCUT2D eigenvalue weighted by Crippen LogP contribution is -2.34. The van der Waals surface area contributed by atoms with Crippen molar-refractivity contribution < 1.29 is 0 Å². The molecular weight excluding hydrogens is 240 g/mol. The van der Waals surface area contributed by atoms with Crippen LogP contribution in [0.2, 0.25) is 5.15 Å². The molecule has 1 N–H and O–H groups in total. The number of rotatable bonds is 3. The maximum atomic E-state index is 5.88. The van der Waals surface area contributed by atoms with Gasteiger partial charge in [-0.2, -0.15) is 11.8 Å². The highest BCUT2D eigenvalue weighted by atomic mass is 35.5. The van der Waals surface area contributed by atoms with Crippen LogP contribution in [0.1, 0.15) is 25.7 Å². The topological polar surface area (TPSA) is 24.9 Å². The molecule has 2 nitrogen and oxygen atoms in total. The molecule has 0 aliphatic heterocycles. The first-order chi connectivity index (χ1) is 7.79. The Balaban J connectivity index is 2.02. The van der Waals surface area contributed by atoms with Crippen LogP contribution in [0.3, 0.4) is 0 Å². The van der Waals surface area contributed by atoms with E-state index in [1.165, 1.54) is 25.7 Å². The van der Waals surface area contributed by atoms with Gasteiger partial charge in [-0.05, 0) is 31.2 Å². The van der Waals surface area contributed by atoms with E-state index in [0.717, 1.165) is 5.82 Å². The van der Waals surface area contributed by atoms with Gasteiger partial charge in [0, 0.05) is 11.3 Å². The van der Waals surface area contributed by atoms with Gasteiger partial charge in [0.05, 0.1) is 0 Å². The number of hydrogen-bond acceptors (Lipinski definition) is 3. The van der Waals surface area contributed by atoms with E-state index in [-0.39, 0.29) is 0 Å². The van der Waals surface area contributed by atoms with Gasteiger partial charge in [-0.3, -0.25) is 0 Å². The van der Waals surface area contributed by atoms with Crippen molar-refractivity contribution in [3.8, 4) is 0 Å². The van der Waals surface area contributed by atoms with E-state index in [1.807, 2.05) is 23.9 Å². The number of nitrogens with zero attached hydrogens (tertiary/aromatic N) is 1. The third-order valence-electron chi connectivity index (χ3n) is 3.05. The molecule has 1 aliphatic carbocycles. The second-order valence-corrected chi connectivity index (χ2v) is 5.62. The van der Waals surface area contributed by atoms with Crippen LogP contribution in [0, 0.1) is 0 Å². The molecule has 2 rings (SSSR count). The molecule has 0 amide bonds. The van der Waals surface area contributed by atoms with E-state index < -0.39 is 0 Å². The van der Waals surface area contributed by atoms with Gasteiger partial charge in [0.1, 0.15) is 11.0 Å². The second kappa shape index (κ2) is 5.78. The Morgan fingerprint density at radius 2 is 2.19 bits per heavy atom. The number of anilines is 1. The molecule has 2 atom stereocenters. The lowest BCUT2D eigenvalue weighted by atomic mass is 9.95. The Bertz CT molecular complexity index is 346. The molecule has 1 aromatic rings. The summed E-state index contributed by atoms with van der Waals surface area (Å²) in [5.41, 5.74) is 0. The largest absolute Gasteiger partial charge is 0.366 e. The zero-order chi connectivity index (χ0) is 11.4. The average Bonchev–Trinajstić information content (AvgIpc) is 2.30. The lowest BCUT2D eigenvalue weighted by molar-refractivity contribution is 0.474. The SMILES string of the molecule is CSC1CCCCC1Nc1cccc(Cl)n1. The van der Waals surface area contributed by atoms with E-state index in [0.29, 0.717) is 16.4 Å². The molecule has 0 spiro atoms. The molecule has 1 saturated carbocycles. The standard InChI is InChI=1S/C12H17ClN2S/c1-16-10-6-3-2-5-9(10)14-12-8-4-7-11(13)15-12/h4,7-10H,2-3,5-6H2,1H3,(H,14,15). The minimum atomic E-state index is 0.537. The van der Waals surface area contributed by atoms with Gasteiger partial charge in [0.2, 0.25) is 0 Å². The van der Waals surface area contributed by atoms with E-state index in [1.54, 1.807) is 6.07 Å². The zero-order valence-corrected chi connectivity index (χ0v) is 11.0. The molecule has 1 aliphatic rings. The Kier molecular flexibility index (Phi) is 4.36. The number of aromatic nitrogens is 1. The maximum absolute atomic E-state index is 5.88. The number of halogens is 1. The molecule has 16 heavy (non-hydrogen) atoms. The minimum Gasteiger partial charge on any atom is -0.366 e. The summed E-state index contributed by atoms with van der Waals surface area (Å²) in [6.45, 7) is 0. The molecule has 0 aromatic carbocycles. The Hall–Kier alpha value is -0.410. The third-order valence-corrected chi connectivity index (χ3v) is 4.43. The third kappa shape index (κ3) is 3.05. The summed E-state index contributed by atoms with van der Waals surface area (Å²) >= 11 is 7.83. The first-order valence-corrected chi connectivity index (χ1v) is 7.38. The van der Waals surface area contributed by atoms with Crippen molar-refractivity contribution >= 4 is 29.2 Å². The van der Waals surface area contributed by atoms with Gasteiger partial charge in [0.15, 0.2) is 0 Å². The molecule has 1 aromatic heterocycles. The fourth-order valence-electron chi connectivity index (χ4n) is 2.22. The maximum Gasteiger partial charge on any atom is 0.131 e. The zero-order valence-electron chi connectivity index (χ0n) is 9.45. The highest BCUT2D eigenvalue weighted by Crippen LogP contribution is 2.29. The molecule has 1 fully saturated rings. The molecule has 88 valence electrons. The summed E-state index contributed by atoms with van der Waals surface area (Å²) in [4.78, 5) is 4.28. The van der Waals surface area contributed by atoms with Gasteiger partial charge in [-0.25, -0.2) is 4.98 Å². The normalized spacial score (nSPS) is 25.4. The summed E-state index contributed by atoms with van der Waals surface area (Å²) in [7, 11) is 0. The fraction of sp³-hybridized carbons (Fsp3) is 0.583. The Morgan fingerprint density at radius 1 is 1.38 bits per heavy atom. The highest BCUT2D eigenvalue weighted by Gasteiger charge is 2.24. The van der Waals surface area contributed by atoms with Crippen molar-refractivity contribution in [1.82, 2.24) is 4.98 Å². The van der Waals surface area contributed by atoms with Gasteiger partial charge < -0.3 is 5.32 Å². The van der Waals surface area contributed by atoms with Gasteiger partial charge in [0.25, 0.3) is 0 Å². The molecule has 0 saturated heterocycles. The quantitative estimate of drug-likeness (QED) is 0.833. The summed E-state index contributed by atoms with van der Waals surface area (Å²) in [6.07, 6.45) is 7.40. The Morgan fingerprint density at radius 3 is 2.94 bits per heavy atom. The molecule has 2 unspecified atom stereocenters. The Labute approximate surface area is 106 Å². The first-order valence-electron chi connectivity index (χ1n) is 5.71. The van der Waals surface area contributed by atoms with Crippen LogP contribution in [0.4, 0.5) is 5.82 Å². The fourth-order valence-corrected chi connectivity index (χ4v) is 3.32. The molecule has 4 heteroatoms. The molecule has 1 heterocycles. The minimum absolute atomic E-state index is 0.537. The predicted molar refractivity (Wildman–Crippen MR) is 72.4 cm³/mol. The first kappa shape index (κ1) is 12.1. The van der Waals surface area contributed by atoms with Crippen molar-refractivity contribution in [2.24, 2.45) is 0 Å². The summed E-state index contributed by atoms with van der Waals surface area (Å²) in [5, 5.41) is 4.77. The smallest absolute Gasteiger partial charge is 0.131 e. The van der Waals surface area contributed by atoms with E-state index in [9.17, 15) is 0 Å². The summed E-state index contributed by atoms with van der Waals surface area (Å²) in [5.74, 6) is 0.901. The number of thioether (sulfide) groups is 1. The number of pyridine rings is 1. The van der Waals surface area contributed by atoms with Crippen molar-refractivity contribution in [3.63, 3.8) is 0 Å². The molecule has 0 bridgehead atoms. The van der Waals surface area contributed by atoms with Crippen LogP contribution in [0.25, 0.3) is 0 Å². The molecular formula is C12H17ClN2S. The van der Waals surface area contributed by atoms with Crippen LogP contribution in [0.15, 0.2) is 18.2 Å². The van der Waals surface area contributed by atoms with Gasteiger partial charge >= 0.3 is 0 Å². The van der Waals surface area contributed by atoms with Gasteiger partial charge in [-0.15, -0.1) is 0 Å². The monoisotopic (exact) mass is 256 g/mol. The van der Waals surface area contributed by atoms with Crippen LogP contribution >= 0.6 is 23.4 Å². The molecule has 0 radical (unpaired) electrons. The van der Waals surface area contributed by atoms with Gasteiger partial charge in [-0.1, -0.05) is 30.5 Å². The highest BCUT2D eigenvalue weighted by molar-refractivity contribution is 7.99. The van der Waals surface area contributed by atoms with Crippen LogP contribution in [-0.2, 0) is 0 Å². The van der Waals surface area contributed by atoms with Crippen molar-refractivity contribution in [1.29, 1.82) is 0 Å². The van der Waals surface area contributed by atoms with Crippen LogP contribution in [0.5, 0.6) is 0 Å². The van der Waals surface area contributed by atoms with Crippen molar-refractivity contribution in [2.45, 2.75) is 37.0 Å². The van der Waals surface area contributed by atoms with E-state index >= 15 is 0 Å². The lowest BCUT2D eigenvalue weighted by Gasteiger charge is -2.31. The summed E-state index contributed by atoms with van der Waals surface area (Å²) in [6, 6.07) is 6.27. The summed E-state index contributed by atoms with van der Waals surface area (Å²) < 4.78 is 0. The second-order valence-electron chi connectivity index (χ2n) is 4.15. The van der Waals surface area contributed by atoms with Crippen LogP contribution < -0.4 is 5.32 Å². The van der Waals surface area contributed by atoms with Crippen molar-refractivity contribution in [2.75, 3.05) is 11.6 Å². The number of hydrogen-bond donors (Lipinski definition) is 1. The van der Waals surface area contributed by atoms with Crippen molar-refractivity contribution in [3.05, 3.63) is 23.4 Å². The predicted octanol–water partition coefficient (Wildman–Crippen LogP) is 3.82. The van der Waals surface area contributed by atoms with E-state index in [4.69, 9.17) is 11.6 Å².